The Labute approximate surface area is 109 Å². The zero-order valence-electron chi connectivity index (χ0n) is 10.4. The van der Waals surface area contributed by atoms with E-state index in [0.717, 1.165) is 0 Å². The van der Waals surface area contributed by atoms with Crippen molar-refractivity contribution in [3.8, 4) is 0 Å². The number of nitrogens with two attached hydrogens (primary N) is 1. The predicted molar refractivity (Wildman–Crippen MR) is 63.5 cm³/mol. The van der Waals surface area contributed by atoms with Gasteiger partial charge in [-0.25, -0.2) is 4.79 Å². The summed E-state index contributed by atoms with van der Waals surface area (Å²) in [6.45, 7) is 0.947. The molecule has 2 rings (SSSR count). The van der Waals surface area contributed by atoms with Crippen LogP contribution in [0.3, 0.4) is 0 Å². The highest BCUT2D eigenvalue weighted by Crippen LogP contribution is 2.25. The second-order valence-electron chi connectivity index (χ2n) is 4.69. The number of rotatable bonds is 3. The molecule has 0 aromatic heterocycles. The van der Waals surface area contributed by atoms with Crippen molar-refractivity contribution in [3.63, 3.8) is 0 Å². The van der Waals surface area contributed by atoms with Crippen LogP contribution in [0.15, 0.2) is 12.3 Å². The first-order chi connectivity index (χ1) is 8.87. The van der Waals surface area contributed by atoms with Crippen molar-refractivity contribution in [2.24, 2.45) is 5.73 Å². The van der Waals surface area contributed by atoms with E-state index in [0.29, 0.717) is 0 Å². The summed E-state index contributed by atoms with van der Waals surface area (Å²) in [7, 11) is 0. The predicted octanol–water partition coefficient (Wildman–Crippen LogP) is -1.76. The van der Waals surface area contributed by atoms with E-state index in [9.17, 15) is 14.7 Å². The number of nitrogens with one attached hydrogen (secondary N) is 1. The molecular weight excluding hydrogens is 254 g/mol. The number of hydrogen-bond donors (Lipinski definition) is 4. The van der Waals surface area contributed by atoms with Gasteiger partial charge >= 0.3 is 6.03 Å². The van der Waals surface area contributed by atoms with E-state index < -0.39 is 35.9 Å². The number of aliphatic hydroxyl groups is 2. The summed E-state index contributed by atoms with van der Waals surface area (Å²) < 4.78 is 5.35. The lowest BCUT2D eigenvalue weighted by Gasteiger charge is -2.35. The first-order valence-electron chi connectivity index (χ1n) is 5.91. The lowest BCUT2D eigenvalue weighted by Crippen LogP contribution is -2.65. The van der Waals surface area contributed by atoms with Gasteiger partial charge in [-0.1, -0.05) is 0 Å². The molecule has 0 saturated carbocycles. The molecule has 2 amide bonds. The molecule has 2 aliphatic heterocycles. The first kappa shape index (κ1) is 13.9. The monoisotopic (exact) mass is 271 g/mol. The fourth-order valence-electron chi connectivity index (χ4n) is 2.03. The minimum absolute atomic E-state index is 0.181. The van der Waals surface area contributed by atoms with E-state index in [2.05, 4.69) is 5.32 Å². The molecule has 5 N–H and O–H groups in total. The van der Waals surface area contributed by atoms with Gasteiger partial charge in [0.2, 0.25) is 0 Å². The normalized spacial score (nSPS) is 38.4. The Morgan fingerprint density at radius 2 is 2.42 bits per heavy atom. The summed E-state index contributed by atoms with van der Waals surface area (Å²) in [5.74, 6) is -0.391. The molecule has 0 radical (unpaired) electrons. The molecule has 2 aliphatic rings. The SMILES string of the molecule is CC(=O)C1(N)C=CN([C@H]2C[C@H](O)[C@@H](CO)O2)C(=O)N1. The molecule has 1 saturated heterocycles. The van der Waals surface area contributed by atoms with Crippen LogP contribution in [-0.4, -0.2) is 57.6 Å². The summed E-state index contributed by atoms with van der Waals surface area (Å²) in [5.41, 5.74) is 4.20. The zero-order chi connectivity index (χ0) is 14.2. The maximum Gasteiger partial charge on any atom is 0.325 e. The van der Waals surface area contributed by atoms with Crippen LogP contribution in [0.1, 0.15) is 13.3 Å². The Kier molecular flexibility index (Phi) is 3.59. The van der Waals surface area contributed by atoms with Crippen LogP contribution >= 0.6 is 0 Å². The minimum atomic E-state index is -1.51. The third-order valence-electron chi connectivity index (χ3n) is 3.32. The largest absolute Gasteiger partial charge is 0.394 e. The van der Waals surface area contributed by atoms with Crippen molar-refractivity contribution < 1.29 is 24.5 Å². The number of carbonyl (C=O) groups is 2. The van der Waals surface area contributed by atoms with Crippen LogP contribution in [-0.2, 0) is 9.53 Å². The summed E-state index contributed by atoms with van der Waals surface area (Å²) in [6.07, 6.45) is 0.647. The van der Waals surface area contributed by atoms with Crippen molar-refractivity contribution in [1.82, 2.24) is 10.2 Å². The number of carbonyl (C=O) groups excluding carboxylic acids is 2. The van der Waals surface area contributed by atoms with Gasteiger partial charge in [-0.3, -0.25) is 15.4 Å². The second kappa shape index (κ2) is 4.89. The average Bonchev–Trinajstić information content (AvgIpc) is 2.70. The van der Waals surface area contributed by atoms with Crippen molar-refractivity contribution in [2.45, 2.75) is 37.4 Å². The molecule has 0 spiro atoms. The number of nitrogens with zero attached hydrogens (tertiary/aromatic N) is 1. The molecule has 19 heavy (non-hydrogen) atoms. The van der Waals surface area contributed by atoms with Gasteiger partial charge < -0.3 is 20.3 Å². The van der Waals surface area contributed by atoms with E-state index in [4.69, 9.17) is 15.6 Å². The number of amides is 2. The Bertz CT molecular complexity index is 427. The molecule has 4 atom stereocenters. The molecule has 2 heterocycles. The van der Waals surface area contributed by atoms with Crippen molar-refractivity contribution in [3.05, 3.63) is 12.3 Å². The smallest absolute Gasteiger partial charge is 0.325 e. The quantitative estimate of drug-likeness (QED) is 0.482. The fourth-order valence-corrected chi connectivity index (χ4v) is 2.03. The van der Waals surface area contributed by atoms with Crippen LogP contribution in [0.5, 0.6) is 0 Å². The fraction of sp³-hybridized carbons (Fsp3) is 0.636. The summed E-state index contributed by atoms with van der Waals surface area (Å²) in [5, 5.41) is 21.0. The maximum atomic E-state index is 11.9. The van der Waals surface area contributed by atoms with Crippen molar-refractivity contribution >= 4 is 11.8 Å². The molecule has 106 valence electrons. The van der Waals surface area contributed by atoms with Gasteiger partial charge in [0.15, 0.2) is 11.4 Å². The molecule has 0 bridgehead atoms. The molecule has 8 heteroatoms. The topological polar surface area (TPSA) is 125 Å². The Morgan fingerprint density at radius 1 is 1.74 bits per heavy atom. The third kappa shape index (κ3) is 2.47. The molecule has 0 aromatic rings. The number of ketones is 1. The van der Waals surface area contributed by atoms with Crippen LogP contribution < -0.4 is 11.1 Å². The van der Waals surface area contributed by atoms with E-state index in [1.165, 1.54) is 24.1 Å². The van der Waals surface area contributed by atoms with Crippen LogP contribution in [0.25, 0.3) is 0 Å². The van der Waals surface area contributed by atoms with Crippen LogP contribution in [0, 0.1) is 0 Å². The summed E-state index contributed by atoms with van der Waals surface area (Å²) in [6, 6.07) is -0.587. The number of hydrogen-bond acceptors (Lipinski definition) is 6. The molecular formula is C11H17N3O5. The lowest BCUT2D eigenvalue weighted by molar-refractivity contribution is -0.121. The minimum Gasteiger partial charge on any atom is -0.394 e. The maximum absolute atomic E-state index is 11.9. The summed E-state index contributed by atoms with van der Waals surface area (Å²) in [4.78, 5) is 24.4. The van der Waals surface area contributed by atoms with E-state index >= 15 is 0 Å². The molecule has 0 aliphatic carbocycles. The van der Waals surface area contributed by atoms with E-state index in [1.54, 1.807) is 0 Å². The third-order valence-corrected chi connectivity index (χ3v) is 3.32. The Hall–Kier alpha value is -1.48. The Morgan fingerprint density at radius 3 is 2.89 bits per heavy atom. The van der Waals surface area contributed by atoms with Gasteiger partial charge in [-0.2, -0.15) is 0 Å². The van der Waals surface area contributed by atoms with Crippen LogP contribution in [0.4, 0.5) is 4.79 Å². The van der Waals surface area contributed by atoms with Gasteiger partial charge in [0.05, 0.1) is 12.7 Å². The number of aliphatic hydroxyl groups excluding tert-OH is 2. The highest BCUT2D eigenvalue weighted by atomic mass is 16.5. The standard InChI is InChI=1S/C11H17N3O5/c1-6(16)11(12)2-3-14(10(18)13-11)9-4-7(17)8(5-15)19-9/h2-3,7-9,15,17H,4-5,12H2,1H3,(H,13,18)/t7-,8+,9+,11?/m0/s1. The van der Waals surface area contributed by atoms with Gasteiger partial charge in [-0.05, 0) is 13.0 Å². The molecule has 8 nitrogen and oxygen atoms in total. The number of urea groups is 1. The van der Waals surface area contributed by atoms with Crippen molar-refractivity contribution in [1.29, 1.82) is 0 Å². The highest BCUT2D eigenvalue weighted by molar-refractivity contribution is 5.93. The highest BCUT2D eigenvalue weighted by Gasteiger charge is 2.42. The molecule has 0 aromatic carbocycles. The molecule has 1 unspecified atom stereocenters. The van der Waals surface area contributed by atoms with Gasteiger partial charge in [0.25, 0.3) is 0 Å². The Balaban J connectivity index is 2.12. The molecule has 1 fully saturated rings. The lowest BCUT2D eigenvalue weighted by atomic mass is 10.1. The second-order valence-corrected chi connectivity index (χ2v) is 4.69. The number of Topliss-reactive ketones (excluding diaryl/α,β-unsaturated/α-hetero) is 1. The van der Waals surface area contributed by atoms with Crippen molar-refractivity contribution in [2.75, 3.05) is 6.61 Å². The van der Waals surface area contributed by atoms with Gasteiger partial charge in [0.1, 0.15) is 12.3 Å². The van der Waals surface area contributed by atoms with Gasteiger partial charge in [-0.15, -0.1) is 0 Å². The van der Waals surface area contributed by atoms with Crippen LogP contribution in [0.2, 0.25) is 0 Å². The van der Waals surface area contributed by atoms with E-state index in [1.807, 2.05) is 0 Å². The average molecular weight is 271 g/mol. The summed E-state index contributed by atoms with van der Waals surface area (Å²) >= 11 is 0. The first-order valence-corrected chi connectivity index (χ1v) is 5.91. The zero-order valence-corrected chi connectivity index (χ0v) is 10.4. The van der Waals surface area contributed by atoms with Gasteiger partial charge in [0, 0.05) is 12.6 Å². The number of ether oxygens (including phenoxy) is 1. The van der Waals surface area contributed by atoms with E-state index in [-0.39, 0.29) is 13.0 Å².